The van der Waals surface area contributed by atoms with Crippen LogP contribution in [0.5, 0.6) is 0 Å². The van der Waals surface area contributed by atoms with Crippen molar-refractivity contribution in [3.8, 4) is 0 Å². The van der Waals surface area contributed by atoms with Gasteiger partial charge in [-0.1, -0.05) is 0 Å². The van der Waals surface area contributed by atoms with Crippen LogP contribution in [-0.2, 0) is 0 Å². The maximum Gasteiger partial charge on any atom is 0.0659 e. The van der Waals surface area contributed by atoms with Crippen LogP contribution in [-0.4, -0.2) is 23.9 Å². The third-order valence-electron chi connectivity index (χ3n) is 3.54. The molecule has 4 heteroatoms. The molecule has 0 bridgehead atoms. The minimum Gasteiger partial charge on any atom is -0.257 e. The first-order valence-electron chi connectivity index (χ1n) is 7.66. The molecule has 0 N–H and O–H groups in total. The van der Waals surface area contributed by atoms with Crippen molar-refractivity contribution in [2.24, 2.45) is 20.0 Å². The van der Waals surface area contributed by atoms with E-state index < -0.39 is 0 Å². The van der Waals surface area contributed by atoms with Gasteiger partial charge in [0.05, 0.1) is 34.2 Å². The number of hydrogen-bond donors (Lipinski definition) is 0. The Labute approximate surface area is 140 Å². The van der Waals surface area contributed by atoms with Crippen molar-refractivity contribution in [1.82, 2.24) is 0 Å². The average molecular weight is 310 g/mol. The topological polar surface area (TPSA) is 49.4 Å². The fourth-order valence-corrected chi connectivity index (χ4v) is 2.41. The summed E-state index contributed by atoms with van der Waals surface area (Å²) in [5.41, 5.74) is 5.45. The van der Waals surface area contributed by atoms with Crippen LogP contribution < -0.4 is 0 Å². The molecule has 4 aliphatic rings. The third kappa shape index (κ3) is 3.33. The molecule has 0 unspecified atom stereocenters. The van der Waals surface area contributed by atoms with E-state index in [1.165, 1.54) is 0 Å². The van der Waals surface area contributed by atoms with E-state index in [1.807, 2.05) is 72.9 Å². The van der Waals surface area contributed by atoms with Crippen LogP contribution in [0.2, 0.25) is 0 Å². The fourth-order valence-electron chi connectivity index (χ4n) is 2.41. The lowest BCUT2D eigenvalue weighted by molar-refractivity contribution is 1.40. The summed E-state index contributed by atoms with van der Waals surface area (Å²) in [6.07, 6.45) is 27.0. The number of nitrogens with zero attached hydrogens (tertiary/aromatic N) is 4. The molecule has 0 amide bonds. The van der Waals surface area contributed by atoms with Gasteiger partial charge in [0.1, 0.15) is 0 Å². The molecule has 0 atom stereocenters. The van der Waals surface area contributed by atoms with E-state index in [2.05, 4.69) is 20.0 Å². The molecule has 0 fully saturated rings. The SMILES string of the molecule is C1=C/C(=C\C2=NC(=C\C=C3\C=CC(/C=C4\C=CC=N4)=N3)/C=C2)N=C1. The Bertz CT molecular complexity index is 830. The summed E-state index contributed by atoms with van der Waals surface area (Å²) in [6.45, 7) is 0. The van der Waals surface area contributed by atoms with E-state index in [0.717, 1.165) is 34.2 Å². The highest BCUT2D eigenvalue weighted by atomic mass is 14.8. The molecule has 0 aromatic rings. The van der Waals surface area contributed by atoms with Crippen molar-refractivity contribution >= 4 is 23.9 Å². The van der Waals surface area contributed by atoms with Crippen LogP contribution in [0, 0.1) is 0 Å². The van der Waals surface area contributed by atoms with E-state index in [0.29, 0.717) is 0 Å². The van der Waals surface area contributed by atoms with Crippen LogP contribution in [0.1, 0.15) is 0 Å². The standard InChI is InChI=1S/C20H14N4/c1-3-17(21-11-1)13-19-9-7-15(23-19)5-6-16-8-10-20(24-16)14-18-4-2-12-22-18/h1-14H/b15-5-,16-6-,17-13+,18-14+. The van der Waals surface area contributed by atoms with Crippen molar-refractivity contribution in [2.45, 2.75) is 0 Å². The zero-order chi connectivity index (χ0) is 16.2. The van der Waals surface area contributed by atoms with Crippen LogP contribution >= 0.6 is 0 Å². The summed E-state index contributed by atoms with van der Waals surface area (Å²) >= 11 is 0. The summed E-state index contributed by atoms with van der Waals surface area (Å²) in [5, 5.41) is 0. The highest BCUT2D eigenvalue weighted by Gasteiger charge is 2.05. The monoisotopic (exact) mass is 310 g/mol. The van der Waals surface area contributed by atoms with E-state index >= 15 is 0 Å². The maximum absolute atomic E-state index is 4.54. The molecule has 0 aliphatic carbocycles. The molecule has 4 heterocycles. The van der Waals surface area contributed by atoms with E-state index in [-0.39, 0.29) is 0 Å². The third-order valence-corrected chi connectivity index (χ3v) is 3.54. The van der Waals surface area contributed by atoms with Crippen molar-refractivity contribution in [3.05, 3.63) is 95.7 Å². The van der Waals surface area contributed by atoms with Gasteiger partial charge in [0, 0.05) is 12.4 Å². The van der Waals surface area contributed by atoms with E-state index in [4.69, 9.17) is 0 Å². The lowest BCUT2D eigenvalue weighted by atomic mass is 10.3. The molecule has 114 valence electrons. The minimum atomic E-state index is 0.902. The quantitative estimate of drug-likeness (QED) is 0.761. The summed E-state index contributed by atoms with van der Waals surface area (Å²) < 4.78 is 0. The minimum absolute atomic E-state index is 0.902. The Hall–Kier alpha value is -3.40. The Morgan fingerprint density at radius 2 is 1.04 bits per heavy atom. The fraction of sp³-hybridized carbons (Fsp3) is 0. The molecular formula is C20H14N4. The van der Waals surface area contributed by atoms with Gasteiger partial charge in [0.2, 0.25) is 0 Å². The number of rotatable bonds is 3. The first kappa shape index (κ1) is 14.2. The second kappa shape index (κ2) is 6.38. The van der Waals surface area contributed by atoms with Gasteiger partial charge in [0.15, 0.2) is 0 Å². The van der Waals surface area contributed by atoms with Crippen molar-refractivity contribution < 1.29 is 0 Å². The Balaban J connectivity index is 1.47. The zero-order valence-electron chi connectivity index (χ0n) is 12.9. The Morgan fingerprint density at radius 3 is 1.46 bits per heavy atom. The molecule has 24 heavy (non-hydrogen) atoms. The zero-order valence-corrected chi connectivity index (χ0v) is 12.9. The first-order valence-corrected chi connectivity index (χ1v) is 7.66. The molecular weight excluding hydrogens is 296 g/mol. The molecule has 0 radical (unpaired) electrons. The predicted molar refractivity (Wildman–Crippen MR) is 101 cm³/mol. The molecule has 0 aromatic carbocycles. The Kier molecular flexibility index (Phi) is 3.78. The van der Waals surface area contributed by atoms with E-state index in [9.17, 15) is 0 Å². The smallest absolute Gasteiger partial charge is 0.0659 e. The average Bonchev–Trinajstić information content (AvgIpc) is 3.35. The van der Waals surface area contributed by atoms with Gasteiger partial charge >= 0.3 is 0 Å². The number of aliphatic imine (C=N–C) groups is 4. The highest BCUT2D eigenvalue weighted by molar-refractivity contribution is 6.08. The summed E-state index contributed by atoms with van der Waals surface area (Å²) in [5.74, 6) is 0. The molecule has 0 spiro atoms. The molecule has 0 saturated heterocycles. The first-order chi connectivity index (χ1) is 11.8. The van der Waals surface area contributed by atoms with Crippen LogP contribution in [0.4, 0.5) is 0 Å². The molecule has 0 saturated carbocycles. The van der Waals surface area contributed by atoms with Crippen LogP contribution in [0.25, 0.3) is 0 Å². The van der Waals surface area contributed by atoms with Gasteiger partial charge < -0.3 is 0 Å². The number of hydrogen-bond acceptors (Lipinski definition) is 4. The second-order valence-electron chi connectivity index (χ2n) is 5.34. The second-order valence-corrected chi connectivity index (χ2v) is 5.34. The lowest BCUT2D eigenvalue weighted by Gasteiger charge is -1.91. The maximum atomic E-state index is 4.54. The van der Waals surface area contributed by atoms with Gasteiger partial charge in [-0.2, -0.15) is 0 Å². The van der Waals surface area contributed by atoms with Crippen molar-refractivity contribution in [1.29, 1.82) is 0 Å². The van der Waals surface area contributed by atoms with E-state index in [1.54, 1.807) is 12.4 Å². The molecule has 4 rings (SSSR count). The lowest BCUT2D eigenvalue weighted by Crippen LogP contribution is -1.84. The summed E-state index contributed by atoms with van der Waals surface area (Å²) in [7, 11) is 0. The van der Waals surface area contributed by atoms with Gasteiger partial charge in [0.25, 0.3) is 0 Å². The van der Waals surface area contributed by atoms with Gasteiger partial charge in [-0.25, -0.2) is 9.98 Å². The summed E-state index contributed by atoms with van der Waals surface area (Å²) in [6, 6.07) is 0. The van der Waals surface area contributed by atoms with Gasteiger partial charge in [-0.15, -0.1) is 0 Å². The molecule has 4 nitrogen and oxygen atoms in total. The van der Waals surface area contributed by atoms with Gasteiger partial charge in [-0.05, 0) is 72.9 Å². The van der Waals surface area contributed by atoms with Gasteiger partial charge in [-0.3, -0.25) is 9.98 Å². The molecule has 0 aromatic heterocycles. The van der Waals surface area contributed by atoms with Crippen molar-refractivity contribution in [3.63, 3.8) is 0 Å². The Morgan fingerprint density at radius 1 is 0.542 bits per heavy atom. The highest BCUT2D eigenvalue weighted by Crippen LogP contribution is 2.16. The molecule has 4 aliphatic heterocycles. The predicted octanol–water partition coefficient (Wildman–Crippen LogP) is 3.82. The normalized spacial score (nSPS) is 27.0. The largest absolute Gasteiger partial charge is 0.257 e. The summed E-state index contributed by atoms with van der Waals surface area (Å²) in [4.78, 5) is 17.5. The number of allylic oxidation sites excluding steroid dienone is 12. The van der Waals surface area contributed by atoms with Crippen LogP contribution in [0.3, 0.4) is 0 Å². The van der Waals surface area contributed by atoms with Crippen LogP contribution in [0.15, 0.2) is 116 Å². The van der Waals surface area contributed by atoms with Crippen molar-refractivity contribution in [2.75, 3.05) is 0 Å².